The van der Waals surface area contributed by atoms with Crippen LogP contribution in [0.2, 0.25) is 0 Å². The molecule has 0 aromatic carbocycles. The Kier molecular flexibility index (Phi) is 3.70. The second kappa shape index (κ2) is 4.65. The molecule has 0 bridgehead atoms. The minimum absolute atomic E-state index is 0.270. The number of hydrogen-bond acceptors (Lipinski definition) is 3. The van der Waals surface area contributed by atoms with Gasteiger partial charge in [0.1, 0.15) is 5.76 Å². The van der Waals surface area contributed by atoms with Gasteiger partial charge in [-0.1, -0.05) is 19.1 Å². The van der Waals surface area contributed by atoms with Crippen molar-refractivity contribution < 1.29 is 9.21 Å². The van der Waals surface area contributed by atoms with Crippen molar-refractivity contribution in [2.24, 2.45) is 5.73 Å². The Labute approximate surface area is 100 Å². The van der Waals surface area contributed by atoms with Gasteiger partial charge in [-0.05, 0) is 32.4 Å². The zero-order chi connectivity index (χ0) is 12.3. The first-order valence-corrected chi connectivity index (χ1v) is 5.48. The highest BCUT2D eigenvalue weighted by Gasteiger charge is 2.28. The summed E-state index contributed by atoms with van der Waals surface area (Å²) in [5, 5.41) is 2.77. The zero-order valence-corrected chi connectivity index (χ0v) is 10.5. The molecule has 0 saturated carbocycles. The zero-order valence-electron chi connectivity index (χ0n) is 9.66. The first-order valence-electron chi connectivity index (χ1n) is 5.08. The Morgan fingerprint density at radius 2 is 2.25 bits per heavy atom. The van der Waals surface area contributed by atoms with E-state index in [1.807, 2.05) is 6.92 Å². The molecule has 0 saturated heterocycles. The number of hydrogen-bond donors (Lipinski definition) is 2. The second-order valence-corrected chi connectivity index (χ2v) is 4.35. The SMILES string of the molecule is CCC(C)(NC(=O)c1ccc(C)o1)C(N)=S. The average molecular weight is 240 g/mol. The maximum Gasteiger partial charge on any atom is 0.287 e. The summed E-state index contributed by atoms with van der Waals surface area (Å²) in [5.74, 6) is 0.664. The number of carbonyl (C=O) groups is 1. The molecule has 5 heteroatoms. The fraction of sp³-hybridized carbons (Fsp3) is 0.455. The first-order chi connectivity index (χ1) is 7.39. The van der Waals surface area contributed by atoms with Crippen LogP contribution in [0.1, 0.15) is 36.6 Å². The summed E-state index contributed by atoms with van der Waals surface area (Å²) in [6.45, 7) is 5.49. The Hall–Kier alpha value is -1.36. The summed E-state index contributed by atoms with van der Waals surface area (Å²) in [7, 11) is 0. The fourth-order valence-corrected chi connectivity index (χ4v) is 1.39. The lowest BCUT2D eigenvalue weighted by Gasteiger charge is -2.27. The monoisotopic (exact) mass is 240 g/mol. The van der Waals surface area contributed by atoms with Crippen LogP contribution >= 0.6 is 12.2 Å². The van der Waals surface area contributed by atoms with Gasteiger partial charge in [-0.25, -0.2) is 0 Å². The molecule has 88 valence electrons. The van der Waals surface area contributed by atoms with Gasteiger partial charge in [0.2, 0.25) is 0 Å². The van der Waals surface area contributed by atoms with Crippen LogP contribution in [0.3, 0.4) is 0 Å². The number of nitrogens with one attached hydrogen (secondary N) is 1. The second-order valence-electron chi connectivity index (χ2n) is 3.91. The minimum Gasteiger partial charge on any atom is -0.456 e. The molecule has 1 amide bonds. The highest BCUT2D eigenvalue weighted by atomic mass is 32.1. The summed E-state index contributed by atoms with van der Waals surface area (Å²) in [6.07, 6.45) is 0.633. The lowest BCUT2D eigenvalue weighted by atomic mass is 9.99. The van der Waals surface area contributed by atoms with E-state index >= 15 is 0 Å². The van der Waals surface area contributed by atoms with E-state index in [4.69, 9.17) is 22.4 Å². The molecular weight excluding hydrogens is 224 g/mol. The molecule has 1 heterocycles. The molecule has 16 heavy (non-hydrogen) atoms. The molecule has 0 aliphatic heterocycles. The van der Waals surface area contributed by atoms with Gasteiger partial charge in [0.15, 0.2) is 5.76 Å². The van der Waals surface area contributed by atoms with Gasteiger partial charge in [0, 0.05) is 0 Å². The van der Waals surface area contributed by atoms with Crippen LogP contribution in [0.25, 0.3) is 0 Å². The average Bonchev–Trinajstić information content (AvgIpc) is 2.64. The molecule has 0 spiro atoms. The molecule has 1 rings (SSSR count). The topological polar surface area (TPSA) is 68.3 Å². The van der Waals surface area contributed by atoms with E-state index in [9.17, 15) is 4.79 Å². The van der Waals surface area contributed by atoms with E-state index in [-0.39, 0.29) is 16.7 Å². The molecule has 0 aliphatic carbocycles. The summed E-state index contributed by atoms with van der Waals surface area (Å²) in [4.78, 5) is 12.1. The standard InChI is InChI=1S/C11H16N2O2S/c1-4-11(3,10(12)16)13-9(14)8-6-5-7(2)15-8/h5-6H,4H2,1-3H3,(H2,12,16)(H,13,14). The summed E-state index contributed by atoms with van der Waals surface area (Å²) in [5.41, 5.74) is 4.93. The van der Waals surface area contributed by atoms with Gasteiger partial charge >= 0.3 is 0 Å². The first kappa shape index (κ1) is 12.7. The summed E-state index contributed by atoms with van der Waals surface area (Å²) >= 11 is 4.94. The molecule has 3 N–H and O–H groups in total. The maximum atomic E-state index is 11.8. The van der Waals surface area contributed by atoms with Gasteiger partial charge in [-0.15, -0.1) is 0 Å². The molecule has 0 aliphatic rings. The molecule has 0 radical (unpaired) electrons. The van der Waals surface area contributed by atoms with Crippen molar-refractivity contribution in [2.75, 3.05) is 0 Å². The predicted octanol–water partition coefficient (Wildman–Crippen LogP) is 1.77. The minimum atomic E-state index is -0.674. The Bertz CT molecular complexity index is 414. The van der Waals surface area contributed by atoms with Crippen molar-refractivity contribution in [1.29, 1.82) is 0 Å². The fourth-order valence-electron chi connectivity index (χ4n) is 1.19. The number of aryl methyl sites for hydroxylation is 1. The van der Waals surface area contributed by atoms with Crippen LogP contribution in [0, 0.1) is 6.92 Å². The van der Waals surface area contributed by atoms with Crippen LogP contribution in [0.5, 0.6) is 0 Å². The third-order valence-electron chi connectivity index (χ3n) is 2.60. The van der Waals surface area contributed by atoms with Gasteiger partial charge < -0.3 is 15.5 Å². The Balaban J connectivity index is 2.81. The van der Waals surface area contributed by atoms with Gasteiger partial charge in [0.25, 0.3) is 5.91 Å². The lowest BCUT2D eigenvalue weighted by Crippen LogP contribution is -2.54. The van der Waals surface area contributed by atoms with E-state index in [0.29, 0.717) is 12.2 Å². The van der Waals surface area contributed by atoms with E-state index in [0.717, 1.165) is 0 Å². The van der Waals surface area contributed by atoms with E-state index < -0.39 is 5.54 Å². The Morgan fingerprint density at radius 3 is 2.62 bits per heavy atom. The van der Waals surface area contributed by atoms with Gasteiger partial charge in [-0.3, -0.25) is 4.79 Å². The van der Waals surface area contributed by atoms with Crippen molar-refractivity contribution >= 4 is 23.1 Å². The molecule has 1 aromatic rings. The van der Waals surface area contributed by atoms with E-state index in [1.54, 1.807) is 26.0 Å². The highest BCUT2D eigenvalue weighted by Crippen LogP contribution is 2.12. The lowest BCUT2D eigenvalue weighted by molar-refractivity contribution is 0.0897. The molecule has 4 nitrogen and oxygen atoms in total. The number of rotatable bonds is 4. The van der Waals surface area contributed by atoms with Gasteiger partial charge in [0.05, 0.1) is 10.5 Å². The van der Waals surface area contributed by atoms with Crippen molar-refractivity contribution in [3.63, 3.8) is 0 Å². The van der Waals surface area contributed by atoms with Crippen LogP contribution in [-0.4, -0.2) is 16.4 Å². The van der Waals surface area contributed by atoms with E-state index in [2.05, 4.69) is 5.32 Å². The third-order valence-corrected chi connectivity index (χ3v) is 3.06. The molecule has 1 unspecified atom stereocenters. The number of carbonyl (C=O) groups excluding carboxylic acids is 1. The quantitative estimate of drug-likeness (QED) is 0.787. The number of nitrogens with two attached hydrogens (primary N) is 1. The normalized spacial score (nSPS) is 14.2. The van der Waals surface area contributed by atoms with Crippen LogP contribution in [-0.2, 0) is 0 Å². The summed E-state index contributed by atoms with van der Waals surface area (Å²) < 4.78 is 5.22. The number of furan rings is 1. The molecular formula is C11H16N2O2S. The Morgan fingerprint density at radius 1 is 1.62 bits per heavy atom. The summed E-state index contributed by atoms with van der Waals surface area (Å²) in [6, 6.07) is 3.36. The highest BCUT2D eigenvalue weighted by molar-refractivity contribution is 7.80. The third kappa shape index (κ3) is 2.61. The molecule has 1 aromatic heterocycles. The number of amides is 1. The van der Waals surface area contributed by atoms with Crippen molar-refractivity contribution in [2.45, 2.75) is 32.7 Å². The molecule has 0 fully saturated rings. The van der Waals surface area contributed by atoms with E-state index in [1.165, 1.54) is 0 Å². The van der Waals surface area contributed by atoms with Crippen LogP contribution in [0.15, 0.2) is 16.5 Å². The van der Waals surface area contributed by atoms with Gasteiger partial charge in [-0.2, -0.15) is 0 Å². The smallest absolute Gasteiger partial charge is 0.287 e. The number of thiocarbonyl (C=S) groups is 1. The molecule has 1 atom stereocenters. The van der Waals surface area contributed by atoms with Crippen molar-refractivity contribution in [3.05, 3.63) is 23.7 Å². The van der Waals surface area contributed by atoms with Crippen molar-refractivity contribution in [3.8, 4) is 0 Å². The largest absolute Gasteiger partial charge is 0.456 e. The maximum absolute atomic E-state index is 11.8. The van der Waals surface area contributed by atoms with Crippen LogP contribution < -0.4 is 11.1 Å². The predicted molar refractivity (Wildman–Crippen MR) is 66.4 cm³/mol. The van der Waals surface area contributed by atoms with Crippen LogP contribution in [0.4, 0.5) is 0 Å². The van der Waals surface area contributed by atoms with Crippen molar-refractivity contribution in [1.82, 2.24) is 5.32 Å².